The Kier molecular flexibility index (Phi) is 7.04. The molecule has 0 bridgehead atoms. The van der Waals surface area contributed by atoms with Crippen LogP contribution in [-0.4, -0.2) is 39.4 Å². The summed E-state index contributed by atoms with van der Waals surface area (Å²) in [6.07, 6.45) is 8.05. The molecule has 0 aliphatic heterocycles. The van der Waals surface area contributed by atoms with Crippen LogP contribution in [0.2, 0.25) is 0 Å². The molecular weight excluding hydrogens is 406 g/mol. The highest BCUT2D eigenvalue weighted by molar-refractivity contribution is 6.01. The Morgan fingerprint density at radius 2 is 1.94 bits per heavy atom. The van der Waals surface area contributed by atoms with Crippen molar-refractivity contribution in [1.29, 1.82) is 0 Å². The third-order valence-electron chi connectivity index (χ3n) is 4.44. The van der Waals surface area contributed by atoms with Gasteiger partial charge in [0.05, 0.1) is 12.8 Å². The lowest BCUT2D eigenvalue weighted by molar-refractivity contribution is -0.111. The molecule has 0 saturated heterocycles. The molecule has 2 aromatic heterocycles. The van der Waals surface area contributed by atoms with Gasteiger partial charge >= 0.3 is 0 Å². The van der Waals surface area contributed by atoms with Gasteiger partial charge in [0.1, 0.15) is 12.4 Å². The normalized spacial score (nSPS) is 11.4. The molecule has 0 spiro atoms. The molecule has 0 aliphatic rings. The number of aromatic nitrogens is 4. The zero-order valence-corrected chi connectivity index (χ0v) is 18.7. The van der Waals surface area contributed by atoms with Crippen LogP contribution >= 0.6 is 0 Å². The van der Waals surface area contributed by atoms with Gasteiger partial charge in [-0.2, -0.15) is 9.78 Å². The van der Waals surface area contributed by atoms with E-state index in [1.54, 1.807) is 49.9 Å². The van der Waals surface area contributed by atoms with Crippen molar-refractivity contribution >= 4 is 17.8 Å². The number of hydrogen-bond donors (Lipinski definition) is 1. The third-order valence-corrected chi connectivity index (χ3v) is 4.44. The summed E-state index contributed by atoms with van der Waals surface area (Å²) in [7, 11) is 1.57. The first-order valence-corrected chi connectivity index (χ1v) is 10.1. The van der Waals surface area contributed by atoms with Crippen LogP contribution in [0, 0.1) is 0 Å². The van der Waals surface area contributed by atoms with E-state index in [0.717, 1.165) is 11.3 Å². The van der Waals surface area contributed by atoms with E-state index in [4.69, 9.17) is 9.47 Å². The summed E-state index contributed by atoms with van der Waals surface area (Å²) in [4.78, 5) is 21.1. The summed E-state index contributed by atoms with van der Waals surface area (Å²) in [6, 6.07) is 8.97. The standard InChI is InChI=1S/C24H27N5O3/c1-6-14-32-18-10-8-17(15-19(18)31-5)9-11-22(30)27-21-16-20(24(2,3)4)28-29(21)23-25-12-7-13-26-23/h6-13,15-16H,1,14H2,2-5H3,(H,27,30)/b11-9+. The topological polar surface area (TPSA) is 91.2 Å². The highest BCUT2D eigenvalue weighted by Gasteiger charge is 2.22. The fourth-order valence-electron chi connectivity index (χ4n) is 2.79. The molecule has 32 heavy (non-hydrogen) atoms. The maximum absolute atomic E-state index is 12.6. The monoisotopic (exact) mass is 433 g/mol. The molecule has 1 N–H and O–H groups in total. The van der Waals surface area contributed by atoms with E-state index >= 15 is 0 Å². The molecule has 0 aliphatic carbocycles. The number of carbonyl (C=O) groups excluding carboxylic acids is 1. The van der Waals surface area contributed by atoms with Gasteiger partial charge < -0.3 is 14.8 Å². The molecule has 0 radical (unpaired) electrons. The highest BCUT2D eigenvalue weighted by atomic mass is 16.5. The van der Waals surface area contributed by atoms with Crippen LogP contribution < -0.4 is 14.8 Å². The average Bonchev–Trinajstić information content (AvgIpc) is 3.21. The van der Waals surface area contributed by atoms with E-state index in [0.29, 0.717) is 29.9 Å². The summed E-state index contributed by atoms with van der Waals surface area (Å²) in [6.45, 7) is 10.2. The van der Waals surface area contributed by atoms with E-state index in [2.05, 4.69) is 27.0 Å². The molecule has 1 aromatic carbocycles. The first-order chi connectivity index (χ1) is 15.3. The Morgan fingerprint density at radius 1 is 1.19 bits per heavy atom. The number of amides is 1. The van der Waals surface area contributed by atoms with Gasteiger partial charge in [0.15, 0.2) is 11.5 Å². The van der Waals surface area contributed by atoms with E-state index in [-0.39, 0.29) is 11.3 Å². The predicted octanol–water partition coefficient (Wildman–Crippen LogP) is 4.19. The van der Waals surface area contributed by atoms with Gasteiger partial charge in [-0.05, 0) is 29.8 Å². The summed E-state index contributed by atoms with van der Waals surface area (Å²) in [5.41, 5.74) is 1.39. The minimum Gasteiger partial charge on any atom is -0.493 e. The Morgan fingerprint density at radius 3 is 2.59 bits per heavy atom. The van der Waals surface area contributed by atoms with Crippen LogP contribution in [0.4, 0.5) is 5.82 Å². The number of methoxy groups -OCH3 is 1. The van der Waals surface area contributed by atoms with Crippen molar-refractivity contribution < 1.29 is 14.3 Å². The number of nitrogens with zero attached hydrogens (tertiary/aromatic N) is 4. The second-order valence-electron chi connectivity index (χ2n) is 7.96. The largest absolute Gasteiger partial charge is 0.493 e. The lowest BCUT2D eigenvalue weighted by Crippen LogP contribution is -2.14. The van der Waals surface area contributed by atoms with Crippen molar-refractivity contribution in [2.24, 2.45) is 0 Å². The minimum absolute atomic E-state index is 0.207. The summed E-state index contributed by atoms with van der Waals surface area (Å²) in [5.74, 6) is 1.73. The maximum atomic E-state index is 12.6. The van der Waals surface area contributed by atoms with Crippen LogP contribution in [0.5, 0.6) is 11.5 Å². The fourth-order valence-corrected chi connectivity index (χ4v) is 2.79. The molecule has 1 amide bonds. The first-order valence-electron chi connectivity index (χ1n) is 10.1. The molecule has 8 nitrogen and oxygen atoms in total. The van der Waals surface area contributed by atoms with Crippen molar-refractivity contribution in [3.8, 4) is 17.4 Å². The van der Waals surface area contributed by atoms with Gasteiger partial charge in [0.2, 0.25) is 5.91 Å². The van der Waals surface area contributed by atoms with Gasteiger partial charge in [0, 0.05) is 30.0 Å². The van der Waals surface area contributed by atoms with E-state index in [1.807, 2.05) is 32.9 Å². The van der Waals surface area contributed by atoms with Crippen LogP contribution in [0.3, 0.4) is 0 Å². The molecule has 3 aromatic rings. The van der Waals surface area contributed by atoms with Gasteiger partial charge in [-0.15, -0.1) is 0 Å². The van der Waals surface area contributed by atoms with Crippen molar-refractivity contribution in [1.82, 2.24) is 19.7 Å². The van der Waals surface area contributed by atoms with E-state index in [1.165, 1.54) is 10.8 Å². The summed E-state index contributed by atoms with van der Waals surface area (Å²) in [5, 5.41) is 7.46. The van der Waals surface area contributed by atoms with Gasteiger partial charge in [-0.3, -0.25) is 4.79 Å². The maximum Gasteiger partial charge on any atom is 0.252 e. The van der Waals surface area contributed by atoms with Crippen LogP contribution in [0.15, 0.2) is 61.5 Å². The molecule has 0 saturated carbocycles. The minimum atomic E-state index is -0.312. The highest BCUT2D eigenvalue weighted by Crippen LogP contribution is 2.29. The quantitative estimate of drug-likeness (QED) is 0.423. The molecule has 0 unspecified atom stereocenters. The number of ether oxygens (including phenoxy) is 2. The van der Waals surface area contributed by atoms with Gasteiger partial charge in [0.25, 0.3) is 5.95 Å². The molecule has 0 fully saturated rings. The molecule has 3 rings (SSSR count). The van der Waals surface area contributed by atoms with E-state index in [9.17, 15) is 4.79 Å². The Labute approximate surface area is 187 Å². The van der Waals surface area contributed by atoms with Crippen LogP contribution in [0.25, 0.3) is 12.0 Å². The summed E-state index contributed by atoms with van der Waals surface area (Å²) < 4.78 is 12.4. The molecule has 166 valence electrons. The predicted molar refractivity (Wildman–Crippen MR) is 124 cm³/mol. The number of carbonyl (C=O) groups is 1. The van der Waals surface area contributed by atoms with Gasteiger partial charge in [-0.25, -0.2) is 9.97 Å². The van der Waals surface area contributed by atoms with Crippen molar-refractivity contribution in [2.45, 2.75) is 26.2 Å². The number of hydrogen-bond acceptors (Lipinski definition) is 6. The molecule has 8 heteroatoms. The molecular formula is C24H27N5O3. The van der Waals surface area contributed by atoms with Crippen LogP contribution in [0.1, 0.15) is 32.0 Å². The average molecular weight is 434 g/mol. The number of anilines is 1. The van der Waals surface area contributed by atoms with Crippen molar-refractivity contribution in [2.75, 3.05) is 19.0 Å². The number of rotatable bonds is 8. The SMILES string of the molecule is C=CCOc1ccc(/C=C/C(=O)Nc2cc(C(C)(C)C)nn2-c2ncccn2)cc1OC. The summed E-state index contributed by atoms with van der Waals surface area (Å²) >= 11 is 0. The fraction of sp³-hybridized carbons (Fsp3) is 0.250. The Hall–Kier alpha value is -3.94. The van der Waals surface area contributed by atoms with Crippen molar-refractivity contribution in [3.05, 3.63) is 72.7 Å². The zero-order valence-electron chi connectivity index (χ0n) is 18.7. The smallest absolute Gasteiger partial charge is 0.252 e. The lowest BCUT2D eigenvalue weighted by atomic mass is 9.92. The second kappa shape index (κ2) is 9.91. The number of nitrogens with one attached hydrogen (secondary N) is 1. The van der Waals surface area contributed by atoms with Crippen molar-refractivity contribution in [3.63, 3.8) is 0 Å². The first kappa shape index (κ1) is 22.7. The second-order valence-corrected chi connectivity index (χ2v) is 7.96. The lowest BCUT2D eigenvalue weighted by Gasteiger charge is -2.13. The zero-order chi connectivity index (χ0) is 23.1. The van der Waals surface area contributed by atoms with E-state index < -0.39 is 0 Å². The molecule has 0 atom stereocenters. The van der Waals surface area contributed by atoms with Gasteiger partial charge in [-0.1, -0.05) is 39.5 Å². The number of benzene rings is 1. The molecule has 2 heterocycles. The van der Waals surface area contributed by atoms with Crippen LogP contribution in [-0.2, 0) is 10.2 Å². The Bertz CT molecular complexity index is 1110. The Balaban J connectivity index is 1.81. The third kappa shape index (κ3) is 5.60.